The first-order valence-electron chi connectivity index (χ1n) is 11.4. The Morgan fingerprint density at radius 3 is 2.68 bits per heavy atom. The first kappa shape index (κ1) is 21.4. The van der Waals surface area contributed by atoms with Gasteiger partial charge in [0.05, 0.1) is 12.5 Å². The molecule has 4 nitrogen and oxygen atoms in total. The van der Waals surface area contributed by atoms with Crippen LogP contribution in [0, 0.1) is 5.92 Å². The average Bonchev–Trinajstić information content (AvgIpc) is 3.17. The van der Waals surface area contributed by atoms with Gasteiger partial charge in [0.15, 0.2) is 5.78 Å². The van der Waals surface area contributed by atoms with Crippen LogP contribution in [0.5, 0.6) is 0 Å². The quantitative estimate of drug-likeness (QED) is 0.312. The highest BCUT2D eigenvalue weighted by Gasteiger charge is 2.25. The summed E-state index contributed by atoms with van der Waals surface area (Å²) in [6.07, 6.45) is 6.88. The molecule has 4 heteroatoms. The maximum Gasteiger partial charge on any atom is 0.309 e. The van der Waals surface area contributed by atoms with Gasteiger partial charge in [0.1, 0.15) is 11.3 Å². The average molecular weight is 419 g/mol. The van der Waals surface area contributed by atoms with E-state index in [0.717, 1.165) is 48.8 Å². The molecule has 0 N–H and O–H groups in total. The summed E-state index contributed by atoms with van der Waals surface area (Å²) in [6.45, 7) is 2.12. The van der Waals surface area contributed by atoms with Crippen molar-refractivity contribution in [1.82, 2.24) is 0 Å². The number of hydrogen-bond donors (Lipinski definition) is 0. The highest BCUT2D eigenvalue weighted by atomic mass is 16.5. The number of carbonyl (C=O) groups excluding carboxylic acids is 2. The van der Waals surface area contributed by atoms with E-state index in [1.54, 1.807) is 6.92 Å². The number of hydrogen-bond acceptors (Lipinski definition) is 4. The third kappa shape index (κ3) is 5.07. The number of fused-ring (bicyclic) bond motifs is 3. The molecule has 0 radical (unpaired) electrons. The van der Waals surface area contributed by atoms with Crippen molar-refractivity contribution < 1.29 is 18.7 Å². The van der Waals surface area contributed by atoms with E-state index in [1.165, 1.54) is 17.5 Å². The Labute approximate surface area is 183 Å². The molecule has 0 bridgehead atoms. The Morgan fingerprint density at radius 2 is 1.87 bits per heavy atom. The van der Waals surface area contributed by atoms with Gasteiger partial charge in [0.25, 0.3) is 0 Å². The molecule has 0 fully saturated rings. The van der Waals surface area contributed by atoms with E-state index >= 15 is 0 Å². The summed E-state index contributed by atoms with van der Waals surface area (Å²) in [6, 6.07) is 15.9. The monoisotopic (exact) mass is 418 g/mol. The minimum Gasteiger partial charge on any atom is -0.466 e. The van der Waals surface area contributed by atoms with Crippen LogP contribution in [0.25, 0.3) is 11.0 Å². The predicted octanol–water partition coefficient (Wildman–Crippen LogP) is 6.09. The molecule has 3 aromatic rings. The molecular formula is C27H30O4. The third-order valence-corrected chi connectivity index (χ3v) is 6.19. The van der Waals surface area contributed by atoms with Crippen LogP contribution in [-0.2, 0) is 28.8 Å². The van der Waals surface area contributed by atoms with Gasteiger partial charge in [0.2, 0.25) is 0 Å². The number of esters is 1. The second-order valence-corrected chi connectivity index (χ2v) is 8.38. The largest absolute Gasteiger partial charge is 0.466 e. The predicted molar refractivity (Wildman–Crippen MR) is 121 cm³/mol. The van der Waals surface area contributed by atoms with Crippen molar-refractivity contribution in [1.29, 1.82) is 0 Å². The minimum absolute atomic E-state index is 0.0333. The normalized spacial score (nSPS) is 14.2. The Balaban J connectivity index is 1.45. The molecule has 0 saturated carbocycles. The molecule has 1 heterocycles. The lowest BCUT2D eigenvalue weighted by Gasteiger charge is -2.15. The maximum atomic E-state index is 13.0. The number of ketones is 1. The van der Waals surface area contributed by atoms with Crippen LogP contribution in [0.2, 0.25) is 0 Å². The Bertz CT molecular complexity index is 1050. The lowest BCUT2D eigenvalue weighted by atomic mass is 9.91. The van der Waals surface area contributed by atoms with Crippen molar-refractivity contribution in [2.75, 3.05) is 6.61 Å². The fourth-order valence-corrected chi connectivity index (χ4v) is 4.54. The van der Waals surface area contributed by atoms with Gasteiger partial charge in [-0.05, 0) is 57.1 Å². The van der Waals surface area contributed by atoms with Gasteiger partial charge >= 0.3 is 5.97 Å². The number of benzene rings is 2. The Morgan fingerprint density at radius 1 is 1.06 bits per heavy atom. The zero-order valence-electron chi connectivity index (χ0n) is 18.2. The molecule has 1 unspecified atom stereocenters. The van der Waals surface area contributed by atoms with Crippen LogP contribution in [0.4, 0.5) is 0 Å². The topological polar surface area (TPSA) is 56.5 Å². The highest BCUT2D eigenvalue weighted by molar-refractivity contribution is 6.01. The number of ether oxygens (including phenoxy) is 1. The van der Waals surface area contributed by atoms with E-state index in [9.17, 15) is 9.59 Å². The van der Waals surface area contributed by atoms with Crippen LogP contribution >= 0.6 is 0 Å². The van der Waals surface area contributed by atoms with Crippen LogP contribution in [0.1, 0.15) is 66.3 Å². The van der Waals surface area contributed by atoms with Crippen molar-refractivity contribution in [2.24, 2.45) is 5.92 Å². The van der Waals surface area contributed by atoms with E-state index in [-0.39, 0.29) is 18.2 Å². The molecule has 0 saturated heterocycles. The first-order chi connectivity index (χ1) is 15.2. The van der Waals surface area contributed by atoms with E-state index < -0.39 is 5.92 Å². The van der Waals surface area contributed by atoms with Crippen LogP contribution in [0.3, 0.4) is 0 Å². The van der Waals surface area contributed by atoms with Crippen molar-refractivity contribution in [3.8, 4) is 0 Å². The van der Waals surface area contributed by atoms with Crippen molar-refractivity contribution in [3.63, 3.8) is 0 Å². The number of Topliss-reactive ketones (excluding diaryl/α,β-unsaturated/α-hetero) is 1. The standard InChI is InChI=1S/C27H30O4/c1-2-30-27(29)21(12-8-11-19-9-4-3-5-10-19)17-24(28)20-15-16-23-22-13-6-7-14-25(22)31-26(23)18-20/h3-5,9-10,15-16,18,21H,2,6-8,11-14,17H2,1H3. The van der Waals surface area contributed by atoms with Gasteiger partial charge in [-0.25, -0.2) is 0 Å². The summed E-state index contributed by atoms with van der Waals surface area (Å²) < 4.78 is 11.3. The van der Waals surface area contributed by atoms with Crippen molar-refractivity contribution >= 4 is 22.7 Å². The molecule has 1 atom stereocenters. The molecule has 0 spiro atoms. The smallest absolute Gasteiger partial charge is 0.309 e. The van der Waals surface area contributed by atoms with Crippen molar-refractivity contribution in [2.45, 2.75) is 58.3 Å². The number of rotatable bonds is 9. The molecule has 0 amide bonds. The number of furan rings is 1. The lowest BCUT2D eigenvalue weighted by Crippen LogP contribution is -2.21. The van der Waals surface area contributed by atoms with Crippen molar-refractivity contribution in [3.05, 3.63) is 71.0 Å². The Kier molecular flexibility index (Phi) is 6.86. The van der Waals surface area contributed by atoms with Crippen LogP contribution in [0.15, 0.2) is 52.9 Å². The zero-order chi connectivity index (χ0) is 21.6. The second kappa shape index (κ2) is 9.95. The molecular weight excluding hydrogens is 388 g/mol. The summed E-state index contributed by atoms with van der Waals surface area (Å²) >= 11 is 0. The zero-order valence-corrected chi connectivity index (χ0v) is 18.2. The third-order valence-electron chi connectivity index (χ3n) is 6.19. The fraction of sp³-hybridized carbons (Fsp3) is 0.407. The van der Waals surface area contributed by atoms with E-state index in [1.807, 2.05) is 36.4 Å². The molecule has 162 valence electrons. The molecule has 1 aliphatic rings. The number of aryl methyl sites for hydroxylation is 3. The molecule has 4 rings (SSSR count). The summed E-state index contributed by atoms with van der Waals surface area (Å²) in [7, 11) is 0. The number of carbonyl (C=O) groups is 2. The summed E-state index contributed by atoms with van der Waals surface area (Å²) in [4.78, 5) is 25.5. The van der Waals surface area contributed by atoms with E-state index in [4.69, 9.17) is 9.15 Å². The maximum absolute atomic E-state index is 13.0. The minimum atomic E-state index is -0.420. The Hall–Kier alpha value is -2.88. The lowest BCUT2D eigenvalue weighted by molar-refractivity contribution is -0.148. The van der Waals surface area contributed by atoms with Gasteiger partial charge in [-0.2, -0.15) is 0 Å². The molecule has 1 aromatic heterocycles. The van der Waals surface area contributed by atoms with E-state index in [0.29, 0.717) is 18.6 Å². The molecule has 1 aliphatic carbocycles. The fourth-order valence-electron chi connectivity index (χ4n) is 4.54. The molecule has 2 aromatic carbocycles. The highest BCUT2D eigenvalue weighted by Crippen LogP contribution is 2.32. The first-order valence-corrected chi connectivity index (χ1v) is 11.4. The van der Waals surface area contributed by atoms with Crippen LogP contribution < -0.4 is 0 Å². The van der Waals surface area contributed by atoms with Crippen LogP contribution in [-0.4, -0.2) is 18.4 Å². The van der Waals surface area contributed by atoms with Gasteiger partial charge in [-0.3, -0.25) is 9.59 Å². The van der Waals surface area contributed by atoms with Gasteiger partial charge in [-0.15, -0.1) is 0 Å². The SMILES string of the molecule is CCOC(=O)C(CCCc1ccccc1)CC(=O)c1ccc2c3c(oc2c1)CCCC3. The molecule has 0 aliphatic heterocycles. The second-order valence-electron chi connectivity index (χ2n) is 8.38. The van der Waals surface area contributed by atoms with E-state index in [2.05, 4.69) is 12.1 Å². The van der Waals surface area contributed by atoms with Gasteiger partial charge in [-0.1, -0.05) is 42.5 Å². The van der Waals surface area contributed by atoms with Gasteiger partial charge < -0.3 is 9.15 Å². The van der Waals surface area contributed by atoms with Gasteiger partial charge in [0, 0.05) is 29.4 Å². The molecule has 31 heavy (non-hydrogen) atoms. The summed E-state index contributed by atoms with van der Waals surface area (Å²) in [5, 5.41) is 1.12. The summed E-state index contributed by atoms with van der Waals surface area (Å²) in [5.74, 6) is 0.334. The summed E-state index contributed by atoms with van der Waals surface area (Å²) in [5.41, 5.74) is 3.93.